The van der Waals surface area contributed by atoms with Crippen molar-refractivity contribution in [3.63, 3.8) is 0 Å². The second-order valence-electron chi connectivity index (χ2n) is 5.81. The van der Waals surface area contributed by atoms with E-state index < -0.39 is 0 Å². The summed E-state index contributed by atoms with van der Waals surface area (Å²) in [6.45, 7) is 5.90. The maximum atomic E-state index is 11.7. The lowest BCUT2D eigenvalue weighted by molar-refractivity contribution is -0.123. The van der Waals surface area contributed by atoms with Crippen LogP contribution in [0.15, 0.2) is 0 Å². The van der Waals surface area contributed by atoms with Crippen LogP contribution in [0.3, 0.4) is 0 Å². The van der Waals surface area contributed by atoms with Crippen LogP contribution in [0, 0.1) is 17.8 Å². The lowest BCUT2D eigenvalue weighted by Crippen LogP contribution is -2.20. The van der Waals surface area contributed by atoms with Gasteiger partial charge in [-0.1, -0.05) is 20.8 Å². The van der Waals surface area contributed by atoms with Gasteiger partial charge in [0.05, 0.1) is 0 Å². The van der Waals surface area contributed by atoms with Gasteiger partial charge < -0.3 is 0 Å². The fourth-order valence-electron chi connectivity index (χ4n) is 2.63. The molecule has 0 amide bonds. The second kappa shape index (κ2) is 6.93. The van der Waals surface area contributed by atoms with E-state index in [9.17, 15) is 9.59 Å². The highest BCUT2D eigenvalue weighted by molar-refractivity contribution is 5.80. The first-order chi connectivity index (χ1) is 8.02. The van der Waals surface area contributed by atoms with Gasteiger partial charge in [0.25, 0.3) is 0 Å². The summed E-state index contributed by atoms with van der Waals surface area (Å²) in [5.41, 5.74) is 0. The molecular weight excluding hydrogens is 212 g/mol. The molecule has 0 bridgehead atoms. The monoisotopic (exact) mass is 238 g/mol. The van der Waals surface area contributed by atoms with Crippen LogP contribution in [0.4, 0.5) is 0 Å². The number of hydrogen-bond donors (Lipinski definition) is 0. The summed E-state index contributed by atoms with van der Waals surface area (Å²) in [7, 11) is 0. The van der Waals surface area contributed by atoms with Gasteiger partial charge in [-0.05, 0) is 37.5 Å². The molecule has 0 heterocycles. The molecule has 0 N–H and O–H groups in total. The van der Waals surface area contributed by atoms with Gasteiger partial charge in [0.1, 0.15) is 11.6 Å². The van der Waals surface area contributed by atoms with Crippen molar-refractivity contribution in [3.05, 3.63) is 0 Å². The zero-order valence-electron chi connectivity index (χ0n) is 11.5. The molecule has 0 aliphatic heterocycles. The summed E-state index contributed by atoms with van der Waals surface area (Å²) in [5.74, 6) is 2.14. The Morgan fingerprint density at radius 1 is 1.00 bits per heavy atom. The summed E-state index contributed by atoms with van der Waals surface area (Å²) in [6, 6.07) is 0. The van der Waals surface area contributed by atoms with Crippen LogP contribution in [0.5, 0.6) is 0 Å². The van der Waals surface area contributed by atoms with Gasteiger partial charge in [-0.15, -0.1) is 0 Å². The number of carbonyl (C=O) groups excluding carboxylic acids is 2. The first-order valence-electron chi connectivity index (χ1n) is 7.07. The molecule has 0 spiro atoms. The van der Waals surface area contributed by atoms with E-state index >= 15 is 0 Å². The number of Topliss-reactive ketones (excluding diaryl/α,β-unsaturated/α-hetero) is 2. The highest BCUT2D eigenvalue weighted by Gasteiger charge is 2.24. The van der Waals surface area contributed by atoms with Crippen LogP contribution in [0.25, 0.3) is 0 Å². The summed E-state index contributed by atoms with van der Waals surface area (Å²) >= 11 is 0. The molecule has 2 nitrogen and oxygen atoms in total. The summed E-state index contributed by atoms with van der Waals surface area (Å²) in [4.78, 5) is 23.0. The van der Waals surface area contributed by atoms with E-state index in [1.165, 1.54) is 0 Å². The van der Waals surface area contributed by atoms with Crippen molar-refractivity contribution in [3.8, 4) is 0 Å². The summed E-state index contributed by atoms with van der Waals surface area (Å²) < 4.78 is 0. The average molecular weight is 238 g/mol. The lowest BCUT2D eigenvalue weighted by atomic mass is 9.77. The van der Waals surface area contributed by atoms with E-state index in [0.29, 0.717) is 29.8 Å². The third-order valence-electron chi connectivity index (χ3n) is 4.01. The Bertz CT molecular complexity index is 260. The molecule has 0 atom stereocenters. The Balaban J connectivity index is 2.26. The molecule has 0 aromatic heterocycles. The number of ketones is 2. The normalized spacial score (nSPS) is 24.9. The molecule has 0 radical (unpaired) electrons. The predicted molar refractivity (Wildman–Crippen MR) is 69.8 cm³/mol. The van der Waals surface area contributed by atoms with Crippen LogP contribution in [-0.4, -0.2) is 11.6 Å². The Hall–Kier alpha value is -0.660. The first kappa shape index (κ1) is 14.4. The molecule has 1 saturated carbocycles. The van der Waals surface area contributed by atoms with E-state index in [1.807, 2.05) is 20.8 Å². The van der Waals surface area contributed by atoms with Crippen molar-refractivity contribution in [1.82, 2.24) is 0 Å². The van der Waals surface area contributed by atoms with E-state index in [-0.39, 0.29) is 5.92 Å². The topological polar surface area (TPSA) is 34.1 Å². The van der Waals surface area contributed by atoms with Gasteiger partial charge in [0.2, 0.25) is 0 Å². The number of carbonyl (C=O) groups is 2. The average Bonchev–Trinajstić information content (AvgIpc) is 2.31. The van der Waals surface area contributed by atoms with Crippen LogP contribution in [0.1, 0.15) is 65.7 Å². The Kier molecular flexibility index (Phi) is 5.87. The van der Waals surface area contributed by atoms with Gasteiger partial charge in [-0.3, -0.25) is 9.59 Å². The summed E-state index contributed by atoms with van der Waals surface area (Å²) in [6.07, 6.45) is 6.75. The molecule has 0 unspecified atom stereocenters. The maximum Gasteiger partial charge on any atom is 0.135 e. The van der Waals surface area contributed by atoms with Crippen molar-refractivity contribution in [2.24, 2.45) is 17.8 Å². The molecule has 0 aromatic carbocycles. The lowest BCUT2D eigenvalue weighted by Gasteiger charge is -2.28. The minimum Gasteiger partial charge on any atom is -0.300 e. The highest BCUT2D eigenvalue weighted by Crippen LogP contribution is 2.33. The third-order valence-corrected chi connectivity index (χ3v) is 4.01. The van der Waals surface area contributed by atoms with Crippen molar-refractivity contribution < 1.29 is 9.59 Å². The minimum atomic E-state index is 0.175. The molecule has 2 heteroatoms. The van der Waals surface area contributed by atoms with Crippen molar-refractivity contribution in [1.29, 1.82) is 0 Å². The zero-order valence-corrected chi connectivity index (χ0v) is 11.5. The molecule has 17 heavy (non-hydrogen) atoms. The SMILES string of the molecule is CCC(=O)C[C@H]1CC[C@@H](CC(=O)C(C)C)CC1. The van der Waals surface area contributed by atoms with Gasteiger partial charge >= 0.3 is 0 Å². The fourth-order valence-corrected chi connectivity index (χ4v) is 2.63. The molecule has 1 aliphatic carbocycles. The minimum absolute atomic E-state index is 0.175. The standard InChI is InChI=1S/C15H26O2/c1-4-14(16)9-12-5-7-13(8-6-12)10-15(17)11(2)3/h11-13H,4-10H2,1-3H3/t12-,13+. The molecule has 0 aromatic rings. The van der Waals surface area contributed by atoms with Crippen molar-refractivity contribution >= 4 is 11.6 Å². The molecule has 0 saturated heterocycles. The van der Waals surface area contributed by atoms with E-state index in [0.717, 1.165) is 38.5 Å². The van der Waals surface area contributed by atoms with E-state index in [2.05, 4.69) is 0 Å². The van der Waals surface area contributed by atoms with Gasteiger partial charge in [0.15, 0.2) is 0 Å². The number of rotatable bonds is 6. The van der Waals surface area contributed by atoms with Crippen LogP contribution in [-0.2, 0) is 9.59 Å². The molecule has 98 valence electrons. The zero-order chi connectivity index (χ0) is 12.8. The molecule has 1 aliphatic rings. The predicted octanol–water partition coefficient (Wildman–Crippen LogP) is 3.78. The Morgan fingerprint density at radius 3 is 1.88 bits per heavy atom. The van der Waals surface area contributed by atoms with Crippen LogP contribution in [0.2, 0.25) is 0 Å². The van der Waals surface area contributed by atoms with Gasteiger partial charge in [-0.2, -0.15) is 0 Å². The van der Waals surface area contributed by atoms with E-state index in [1.54, 1.807) is 0 Å². The highest BCUT2D eigenvalue weighted by atomic mass is 16.1. The van der Waals surface area contributed by atoms with Gasteiger partial charge in [-0.25, -0.2) is 0 Å². The van der Waals surface area contributed by atoms with Crippen molar-refractivity contribution in [2.45, 2.75) is 65.7 Å². The fraction of sp³-hybridized carbons (Fsp3) is 0.867. The molecular formula is C15H26O2. The van der Waals surface area contributed by atoms with E-state index in [4.69, 9.17) is 0 Å². The first-order valence-corrected chi connectivity index (χ1v) is 7.07. The Labute approximate surface area is 105 Å². The Morgan fingerprint density at radius 2 is 1.47 bits per heavy atom. The van der Waals surface area contributed by atoms with Crippen molar-refractivity contribution in [2.75, 3.05) is 0 Å². The molecule has 1 rings (SSSR count). The van der Waals surface area contributed by atoms with Crippen LogP contribution < -0.4 is 0 Å². The van der Waals surface area contributed by atoms with Crippen LogP contribution >= 0.6 is 0 Å². The smallest absolute Gasteiger partial charge is 0.135 e. The largest absolute Gasteiger partial charge is 0.300 e. The third kappa shape index (κ3) is 5.01. The number of hydrogen-bond acceptors (Lipinski definition) is 2. The van der Waals surface area contributed by atoms with Gasteiger partial charge in [0, 0.05) is 25.2 Å². The maximum absolute atomic E-state index is 11.7. The molecule has 1 fully saturated rings. The summed E-state index contributed by atoms with van der Waals surface area (Å²) in [5, 5.41) is 0. The quantitative estimate of drug-likeness (QED) is 0.705. The second-order valence-corrected chi connectivity index (χ2v) is 5.81.